The van der Waals surface area contributed by atoms with Gasteiger partial charge in [-0.25, -0.2) is 4.39 Å². The lowest BCUT2D eigenvalue weighted by molar-refractivity contribution is 0.0952. The van der Waals surface area contributed by atoms with E-state index < -0.39 is 0 Å². The molecule has 2 heterocycles. The van der Waals surface area contributed by atoms with Crippen molar-refractivity contribution in [2.24, 2.45) is 0 Å². The smallest absolute Gasteiger partial charge is 0.269 e. The number of carbonyl (C=O) groups is 1. The molecule has 0 spiro atoms. The van der Waals surface area contributed by atoms with Crippen molar-refractivity contribution in [2.75, 3.05) is 26.1 Å². The highest BCUT2D eigenvalue weighted by Crippen LogP contribution is 2.34. The van der Waals surface area contributed by atoms with E-state index in [0.717, 1.165) is 14.5 Å². The molecule has 8 heteroatoms. The number of hydrogen-bond acceptors (Lipinski definition) is 4. The highest BCUT2D eigenvalue weighted by molar-refractivity contribution is 14.1. The molecule has 0 radical (unpaired) electrons. The van der Waals surface area contributed by atoms with Gasteiger partial charge in [0, 0.05) is 42.1 Å². The molecule has 0 fully saturated rings. The average Bonchev–Trinajstić information content (AvgIpc) is 2.95. The number of nitrogens with zero attached hydrogens (tertiary/aromatic N) is 2. The molecule has 2 N–H and O–H groups in total. The summed E-state index contributed by atoms with van der Waals surface area (Å²) in [5.41, 5.74) is 2.04. The first kappa shape index (κ1) is 18.6. The van der Waals surface area contributed by atoms with Gasteiger partial charge in [0.15, 0.2) is 0 Å². The van der Waals surface area contributed by atoms with E-state index in [1.54, 1.807) is 38.7 Å². The topological polar surface area (TPSA) is 68.2 Å². The summed E-state index contributed by atoms with van der Waals surface area (Å²) in [6.07, 6.45) is 3.33. The third-order valence-electron chi connectivity index (χ3n) is 4.02. The van der Waals surface area contributed by atoms with Crippen LogP contribution >= 0.6 is 22.6 Å². The second kappa shape index (κ2) is 8.00. The molecule has 0 bridgehead atoms. The second-order valence-corrected chi connectivity index (χ2v) is 6.83. The molecule has 0 aliphatic heterocycles. The monoisotopic (exact) mass is 468 g/mol. The third kappa shape index (κ3) is 3.51. The second-order valence-electron chi connectivity index (χ2n) is 5.59. The highest BCUT2D eigenvalue weighted by Gasteiger charge is 2.23. The number of anilines is 2. The Bertz CT molecular complexity index is 958. The van der Waals surface area contributed by atoms with Crippen LogP contribution in [0.25, 0.3) is 10.9 Å². The third-order valence-corrected chi connectivity index (χ3v) is 4.69. The van der Waals surface area contributed by atoms with Crippen LogP contribution in [0.1, 0.15) is 10.5 Å². The quantitative estimate of drug-likeness (QED) is 0.544. The number of methoxy groups -OCH3 is 1. The van der Waals surface area contributed by atoms with Gasteiger partial charge >= 0.3 is 0 Å². The van der Waals surface area contributed by atoms with Crippen molar-refractivity contribution >= 4 is 50.8 Å². The number of nitrogens with one attached hydrogen (secondary N) is 2. The van der Waals surface area contributed by atoms with Gasteiger partial charge in [0.25, 0.3) is 5.91 Å². The molecule has 0 unspecified atom stereocenters. The van der Waals surface area contributed by atoms with Crippen LogP contribution in [0.4, 0.5) is 15.8 Å². The molecule has 136 valence electrons. The molecule has 0 saturated carbocycles. The molecular weight excluding hydrogens is 450 g/mol. The summed E-state index contributed by atoms with van der Waals surface area (Å²) in [5.74, 6) is -0.660. The summed E-state index contributed by atoms with van der Waals surface area (Å²) in [6, 6.07) is 6.71. The summed E-state index contributed by atoms with van der Waals surface area (Å²) >= 11 is 2.05. The number of halogens is 2. The number of benzene rings is 1. The molecule has 1 amide bonds. The number of aromatic nitrogens is 2. The van der Waals surface area contributed by atoms with Gasteiger partial charge in [0.1, 0.15) is 11.5 Å². The fourth-order valence-corrected chi connectivity index (χ4v) is 3.27. The van der Waals surface area contributed by atoms with Crippen LogP contribution in [0, 0.1) is 9.39 Å². The van der Waals surface area contributed by atoms with Gasteiger partial charge < -0.3 is 19.9 Å². The zero-order valence-corrected chi connectivity index (χ0v) is 16.5. The molecule has 0 atom stereocenters. The maximum absolute atomic E-state index is 14.4. The fraction of sp³-hybridized carbons (Fsp3) is 0.222. The minimum Gasteiger partial charge on any atom is -0.383 e. The Morgan fingerprint density at radius 3 is 2.88 bits per heavy atom. The minimum atomic E-state index is -0.388. The lowest BCUT2D eigenvalue weighted by Crippen LogP contribution is -2.23. The van der Waals surface area contributed by atoms with Gasteiger partial charge in [-0.2, -0.15) is 0 Å². The molecule has 1 aromatic carbocycles. The Balaban J connectivity index is 2.20. The molecule has 26 heavy (non-hydrogen) atoms. The van der Waals surface area contributed by atoms with Gasteiger partial charge in [-0.1, -0.05) is 0 Å². The van der Waals surface area contributed by atoms with Crippen molar-refractivity contribution in [1.82, 2.24) is 14.9 Å². The van der Waals surface area contributed by atoms with Crippen LogP contribution in [0.15, 0.2) is 36.7 Å². The molecule has 2 aromatic heterocycles. The SMILES string of the molecule is CNC(=O)c1c(Nc2ccc(I)cc2F)c2cnccc2n1CCOC. The van der Waals surface area contributed by atoms with Crippen molar-refractivity contribution in [3.63, 3.8) is 0 Å². The number of amides is 1. The van der Waals surface area contributed by atoms with Crippen LogP contribution in [0.5, 0.6) is 0 Å². The van der Waals surface area contributed by atoms with E-state index in [1.807, 2.05) is 10.6 Å². The highest BCUT2D eigenvalue weighted by atomic mass is 127. The average molecular weight is 468 g/mol. The zero-order chi connectivity index (χ0) is 18.7. The Kier molecular flexibility index (Phi) is 5.72. The van der Waals surface area contributed by atoms with E-state index in [4.69, 9.17) is 4.74 Å². The normalized spacial score (nSPS) is 10.9. The van der Waals surface area contributed by atoms with Gasteiger partial charge in [0.2, 0.25) is 0 Å². The van der Waals surface area contributed by atoms with E-state index >= 15 is 0 Å². The largest absolute Gasteiger partial charge is 0.383 e. The number of rotatable bonds is 6. The van der Waals surface area contributed by atoms with Crippen LogP contribution in [0.3, 0.4) is 0 Å². The molecule has 0 aliphatic rings. The number of pyridine rings is 1. The maximum Gasteiger partial charge on any atom is 0.269 e. The van der Waals surface area contributed by atoms with Crippen molar-refractivity contribution in [3.05, 3.63) is 51.7 Å². The van der Waals surface area contributed by atoms with Crippen LogP contribution in [-0.2, 0) is 11.3 Å². The van der Waals surface area contributed by atoms with E-state index in [0.29, 0.717) is 30.2 Å². The Morgan fingerprint density at radius 1 is 1.38 bits per heavy atom. The molecule has 0 aliphatic carbocycles. The van der Waals surface area contributed by atoms with Gasteiger partial charge in [-0.3, -0.25) is 9.78 Å². The summed E-state index contributed by atoms with van der Waals surface area (Å²) in [6.45, 7) is 0.921. The number of hydrogen-bond donors (Lipinski definition) is 2. The molecule has 6 nitrogen and oxygen atoms in total. The molecule has 0 saturated heterocycles. The minimum absolute atomic E-state index is 0.272. The Labute approximate surface area is 163 Å². The first-order valence-electron chi connectivity index (χ1n) is 7.96. The van der Waals surface area contributed by atoms with Crippen molar-refractivity contribution in [3.8, 4) is 0 Å². The predicted octanol–water partition coefficient (Wildman–Crippen LogP) is 3.53. The number of fused-ring (bicyclic) bond motifs is 1. The van der Waals surface area contributed by atoms with Crippen molar-refractivity contribution < 1.29 is 13.9 Å². The first-order valence-corrected chi connectivity index (χ1v) is 9.04. The van der Waals surface area contributed by atoms with E-state index in [9.17, 15) is 9.18 Å². The van der Waals surface area contributed by atoms with Crippen LogP contribution in [0.2, 0.25) is 0 Å². The van der Waals surface area contributed by atoms with Crippen molar-refractivity contribution in [1.29, 1.82) is 0 Å². The lowest BCUT2D eigenvalue weighted by atomic mass is 10.2. The molecular formula is C18H18FIN4O2. The summed E-state index contributed by atoms with van der Waals surface area (Å²) < 4.78 is 22.2. The Morgan fingerprint density at radius 2 is 2.19 bits per heavy atom. The van der Waals surface area contributed by atoms with Gasteiger partial charge in [-0.05, 0) is 46.9 Å². The van der Waals surface area contributed by atoms with Gasteiger partial charge in [0.05, 0.1) is 23.5 Å². The summed E-state index contributed by atoms with van der Waals surface area (Å²) in [7, 11) is 3.17. The molecule has 3 aromatic rings. The number of ether oxygens (including phenoxy) is 1. The van der Waals surface area contributed by atoms with E-state index in [1.165, 1.54) is 6.07 Å². The zero-order valence-electron chi connectivity index (χ0n) is 14.3. The Hall–Kier alpha value is -2.20. The van der Waals surface area contributed by atoms with E-state index in [-0.39, 0.29) is 11.7 Å². The van der Waals surface area contributed by atoms with Gasteiger partial charge in [-0.15, -0.1) is 0 Å². The van der Waals surface area contributed by atoms with Crippen LogP contribution in [-0.4, -0.2) is 36.2 Å². The first-order chi connectivity index (χ1) is 12.6. The predicted molar refractivity (Wildman–Crippen MR) is 107 cm³/mol. The van der Waals surface area contributed by atoms with Crippen molar-refractivity contribution in [2.45, 2.75) is 6.54 Å². The summed E-state index contributed by atoms with van der Waals surface area (Å²) in [4.78, 5) is 16.7. The van der Waals surface area contributed by atoms with Crippen LogP contribution < -0.4 is 10.6 Å². The molecule has 3 rings (SSSR count). The maximum atomic E-state index is 14.4. The number of carbonyl (C=O) groups excluding carboxylic acids is 1. The fourth-order valence-electron chi connectivity index (χ4n) is 2.82. The lowest BCUT2D eigenvalue weighted by Gasteiger charge is -2.12. The summed E-state index contributed by atoms with van der Waals surface area (Å²) in [5, 5.41) is 6.47. The van der Waals surface area contributed by atoms with E-state index in [2.05, 4.69) is 38.2 Å². The standard InChI is InChI=1S/C18H18FIN4O2/c1-21-18(25)17-16(23-14-4-3-11(20)9-13(14)19)12-10-22-6-5-15(12)24(17)7-8-26-2/h3-6,9-10,23H,7-8H2,1-2H3,(H,21,25).